The number of aliphatic carboxylic acids is 2. The van der Waals surface area contributed by atoms with E-state index in [1.165, 1.54) is 0 Å². The summed E-state index contributed by atoms with van der Waals surface area (Å²) >= 11 is 3.42. The number of hydrogen-bond acceptors (Lipinski definition) is 5. The lowest BCUT2D eigenvalue weighted by Gasteiger charge is -1.71. The van der Waals surface area contributed by atoms with E-state index in [2.05, 4.69) is 12.6 Å². The van der Waals surface area contributed by atoms with Gasteiger partial charge in [-0.25, -0.2) is 0 Å². The van der Waals surface area contributed by atoms with E-state index in [0.29, 0.717) is 0 Å². The van der Waals surface area contributed by atoms with Gasteiger partial charge in [-0.05, 0) is 0 Å². The first-order valence-electron chi connectivity index (χ1n) is 2.03. The van der Waals surface area contributed by atoms with Crippen LogP contribution in [0.25, 0.3) is 0 Å². The van der Waals surface area contributed by atoms with E-state index in [0.717, 1.165) is 6.92 Å². The molecule has 0 aliphatic rings. The van der Waals surface area contributed by atoms with Gasteiger partial charge in [-0.3, -0.25) is 9.59 Å². The molecule has 0 aliphatic heterocycles. The average Bonchev–Trinajstić information content (AvgIpc) is 1.65. The molecule has 8 N–H and O–H groups in total. The highest BCUT2D eigenvalue weighted by Crippen LogP contribution is 1.66. The summed E-state index contributed by atoms with van der Waals surface area (Å²) in [6.45, 7) is 1.08. The molecule has 0 unspecified atom stereocenters. The molecule has 0 saturated heterocycles. The lowest BCUT2D eigenvalue weighted by Crippen LogP contribution is -1.92. The Labute approximate surface area is 70.2 Å². The second-order valence-electron chi connectivity index (χ2n) is 1.07. The highest BCUT2D eigenvalue weighted by atomic mass is 32.1. The first kappa shape index (κ1) is 22.5. The van der Waals surface area contributed by atoms with Crippen molar-refractivity contribution in [3.8, 4) is 0 Å². The van der Waals surface area contributed by atoms with E-state index in [4.69, 9.17) is 15.0 Å². The summed E-state index contributed by atoms with van der Waals surface area (Å²) < 4.78 is 0. The lowest BCUT2D eigenvalue weighted by molar-refractivity contribution is -0.135. The Morgan fingerprint density at radius 1 is 1.27 bits per heavy atom. The number of thiol groups is 1. The zero-order valence-electron chi connectivity index (χ0n) is 6.28. The van der Waals surface area contributed by atoms with Gasteiger partial charge in [-0.15, -0.1) is 0 Å². The zero-order valence-corrected chi connectivity index (χ0v) is 7.17. The minimum Gasteiger partial charge on any atom is -0.481 e. The van der Waals surface area contributed by atoms with Gasteiger partial charge in [-0.1, -0.05) is 0 Å². The minimum absolute atomic E-state index is 0. The van der Waals surface area contributed by atoms with Gasteiger partial charge in [0.25, 0.3) is 5.97 Å². The van der Waals surface area contributed by atoms with E-state index < -0.39 is 11.9 Å². The fourth-order valence-electron chi connectivity index (χ4n) is 0. The van der Waals surface area contributed by atoms with E-state index in [1.54, 1.807) is 0 Å². The first-order valence-corrected chi connectivity index (χ1v) is 2.66. The van der Waals surface area contributed by atoms with Crippen LogP contribution in [0, 0.1) is 0 Å². The predicted octanol–water partition coefficient (Wildman–Crippen LogP) is 0.416. The molecular weight excluding hydrogens is 172 g/mol. The minimum atomic E-state index is -0.881. The molecule has 0 fully saturated rings. The van der Waals surface area contributed by atoms with Crippen molar-refractivity contribution in [1.82, 2.24) is 12.3 Å². The van der Waals surface area contributed by atoms with E-state index in [-0.39, 0.29) is 18.1 Å². The van der Waals surface area contributed by atoms with Crippen LogP contribution in [0.3, 0.4) is 0 Å². The molecule has 0 aliphatic carbocycles. The third kappa shape index (κ3) is 327. The maximum absolute atomic E-state index is 9.29. The molecule has 0 saturated carbocycles. The van der Waals surface area contributed by atoms with Gasteiger partial charge in [0.05, 0.1) is 5.75 Å². The molecule has 70 valence electrons. The van der Waals surface area contributed by atoms with Crippen LogP contribution >= 0.6 is 12.6 Å². The monoisotopic (exact) mass is 186 g/mol. The molecule has 11 heavy (non-hydrogen) atoms. The third-order valence-corrected chi connectivity index (χ3v) is 0.406. The largest absolute Gasteiger partial charge is 0.481 e. The summed E-state index contributed by atoms with van der Waals surface area (Å²) in [5.41, 5.74) is 0. The number of hydrogen-bond donors (Lipinski definition) is 5. The van der Waals surface area contributed by atoms with Crippen LogP contribution in [0.4, 0.5) is 0 Å². The zero-order chi connectivity index (χ0) is 7.86. The molecule has 0 spiro atoms. The first-order chi connectivity index (χ1) is 4.00. The van der Waals surface area contributed by atoms with Crippen molar-refractivity contribution in [2.24, 2.45) is 0 Å². The SMILES string of the molecule is CC(=O)O.N.N.O=C(O)CS. The topological polar surface area (TPSA) is 145 Å². The maximum Gasteiger partial charge on any atom is 0.313 e. The molecule has 0 rings (SSSR count). The van der Waals surface area contributed by atoms with Crippen LogP contribution in [-0.4, -0.2) is 27.9 Å². The lowest BCUT2D eigenvalue weighted by atomic mass is 10.8. The van der Waals surface area contributed by atoms with Gasteiger partial charge < -0.3 is 22.5 Å². The number of carbonyl (C=O) groups is 2. The quantitative estimate of drug-likeness (QED) is 0.375. The molecule has 0 aromatic rings. The number of carboxylic acids is 2. The molecule has 0 heterocycles. The molecule has 0 radical (unpaired) electrons. The van der Waals surface area contributed by atoms with Crippen molar-refractivity contribution in [2.75, 3.05) is 5.75 Å². The molecule has 0 atom stereocenters. The second-order valence-corrected chi connectivity index (χ2v) is 1.39. The van der Waals surface area contributed by atoms with Gasteiger partial charge in [-0.2, -0.15) is 12.6 Å². The molecule has 7 heteroatoms. The van der Waals surface area contributed by atoms with Gasteiger partial charge in [0.1, 0.15) is 0 Å². The van der Waals surface area contributed by atoms with Crippen LogP contribution in [0.1, 0.15) is 6.92 Å². The Bertz CT molecular complexity index is 104. The van der Waals surface area contributed by atoms with Crippen molar-refractivity contribution >= 4 is 24.6 Å². The van der Waals surface area contributed by atoms with Crippen LogP contribution < -0.4 is 12.3 Å². The fourth-order valence-corrected chi connectivity index (χ4v) is 0. The van der Waals surface area contributed by atoms with Crippen LogP contribution in [-0.2, 0) is 9.59 Å². The maximum atomic E-state index is 9.29. The Balaban J connectivity index is -0.0000000383. The highest BCUT2D eigenvalue weighted by molar-refractivity contribution is 7.81. The van der Waals surface area contributed by atoms with Crippen molar-refractivity contribution < 1.29 is 19.8 Å². The van der Waals surface area contributed by atoms with Crippen molar-refractivity contribution in [2.45, 2.75) is 6.92 Å². The molecule has 0 bridgehead atoms. The molecule has 0 aromatic heterocycles. The normalized spacial score (nSPS) is 5.64. The van der Waals surface area contributed by atoms with Gasteiger partial charge in [0.2, 0.25) is 0 Å². The summed E-state index contributed by atoms with van der Waals surface area (Å²) in [5, 5.41) is 15.1. The Morgan fingerprint density at radius 2 is 1.36 bits per heavy atom. The van der Waals surface area contributed by atoms with Gasteiger partial charge in [0.15, 0.2) is 0 Å². The second kappa shape index (κ2) is 16.1. The van der Waals surface area contributed by atoms with Gasteiger partial charge >= 0.3 is 5.97 Å². The van der Waals surface area contributed by atoms with E-state index in [9.17, 15) is 4.79 Å². The Hall–Kier alpha value is -0.790. The standard InChI is InChI=1S/C2H4O2S.C2H4O2.2H3N/c3-2(4)1-5;1-2(3)4;;/h5H,1H2,(H,3,4);1H3,(H,3,4);2*1H3. The van der Waals surface area contributed by atoms with Gasteiger partial charge in [0, 0.05) is 6.92 Å². The molecule has 0 amide bonds. The van der Waals surface area contributed by atoms with Crippen molar-refractivity contribution in [3.63, 3.8) is 0 Å². The number of carboxylic acid groups (broad SMARTS) is 2. The Morgan fingerprint density at radius 3 is 1.36 bits per heavy atom. The summed E-state index contributed by atoms with van der Waals surface area (Å²) in [7, 11) is 0. The third-order valence-electron chi connectivity index (χ3n) is 0.135. The number of rotatable bonds is 1. The van der Waals surface area contributed by atoms with Crippen molar-refractivity contribution in [3.05, 3.63) is 0 Å². The van der Waals surface area contributed by atoms with E-state index >= 15 is 0 Å². The fraction of sp³-hybridized carbons (Fsp3) is 0.500. The predicted molar refractivity (Wildman–Crippen MR) is 44.8 cm³/mol. The average molecular weight is 186 g/mol. The summed E-state index contributed by atoms with van der Waals surface area (Å²) in [5.74, 6) is -1.80. The summed E-state index contributed by atoms with van der Waals surface area (Å²) in [6.07, 6.45) is 0. The Kier molecular flexibility index (Phi) is 32.9. The summed E-state index contributed by atoms with van der Waals surface area (Å²) in [4.78, 5) is 18.3. The molecular formula is C4H14N2O4S. The molecule has 6 nitrogen and oxygen atoms in total. The van der Waals surface area contributed by atoms with E-state index in [1.807, 2.05) is 0 Å². The highest BCUT2D eigenvalue weighted by Gasteiger charge is 1.81. The summed E-state index contributed by atoms with van der Waals surface area (Å²) in [6, 6.07) is 0. The van der Waals surface area contributed by atoms with Crippen molar-refractivity contribution in [1.29, 1.82) is 0 Å². The smallest absolute Gasteiger partial charge is 0.313 e. The molecule has 0 aromatic carbocycles. The van der Waals surface area contributed by atoms with Crippen LogP contribution in [0.2, 0.25) is 0 Å². The van der Waals surface area contributed by atoms with Crippen LogP contribution in [0.5, 0.6) is 0 Å². The van der Waals surface area contributed by atoms with Crippen LogP contribution in [0.15, 0.2) is 0 Å².